The molecule has 0 saturated carbocycles. The van der Waals surface area contributed by atoms with Crippen molar-refractivity contribution in [2.24, 2.45) is 0 Å². The number of rotatable bonds is 7. The van der Waals surface area contributed by atoms with E-state index >= 15 is 0 Å². The standard InChI is InChI=1S/C17H16N2O4.C10H10N2O4S.C8H10O.CH4.Na.H/c1-3-11-9-13(20)23-16-14(11)15(21)18-17(19-16)22-10(2)12-7-5-4-6-8-12;1-3-5-4-6(13)16-9-7(5)8(14)11-10(12-9)17(2)15;1-7(9)8-5-3-2-4-6-8;;;/h4-10H,3H2,1-2H3,(H,18,19,21);4H,3H2,1-2H3,(H,11,12,14);2-7,9H,1H3;1H4;;/q;;;;+1;-1/t10-;;7-;;;/m1.1.../s1. The van der Waals surface area contributed by atoms with E-state index in [0.717, 1.165) is 11.1 Å². The first-order valence-corrected chi connectivity index (χ1v) is 16.9. The van der Waals surface area contributed by atoms with Crippen LogP contribution in [0.1, 0.15) is 71.0 Å². The van der Waals surface area contributed by atoms with E-state index in [2.05, 4.69) is 19.9 Å². The first kappa shape index (κ1) is 42.7. The first-order valence-electron chi connectivity index (χ1n) is 15.3. The number of nitrogens with one attached hydrogen (secondary N) is 2. The molecule has 266 valence electrons. The third kappa shape index (κ3) is 11.3. The normalized spacial score (nSPS) is 12.1. The van der Waals surface area contributed by atoms with Gasteiger partial charge in [-0.3, -0.25) is 23.8 Å². The molecule has 0 saturated heterocycles. The van der Waals surface area contributed by atoms with Gasteiger partial charge in [-0.25, -0.2) is 9.59 Å². The van der Waals surface area contributed by atoms with Crippen molar-refractivity contribution in [1.82, 2.24) is 19.9 Å². The fourth-order valence-corrected chi connectivity index (χ4v) is 5.15. The van der Waals surface area contributed by atoms with E-state index in [1.807, 2.05) is 81.4 Å². The molecular weight excluding hydrogens is 687 g/mol. The molecular formula is C36H41N4NaO9S. The Morgan fingerprint density at radius 3 is 1.67 bits per heavy atom. The Kier molecular flexibility index (Phi) is 16.6. The number of ether oxygens (including phenoxy) is 1. The molecule has 0 aliphatic heterocycles. The topological polar surface area (TPSA) is 198 Å². The number of hydrogen-bond donors (Lipinski definition) is 3. The number of aryl methyl sites for hydroxylation is 2. The molecule has 3 N–H and O–H groups in total. The number of aliphatic hydroxyl groups excluding tert-OH is 1. The van der Waals surface area contributed by atoms with Crippen molar-refractivity contribution in [3.8, 4) is 6.01 Å². The van der Waals surface area contributed by atoms with Gasteiger partial charge in [0.25, 0.3) is 17.1 Å². The van der Waals surface area contributed by atoms with Gasteiger partial charge in [0.15, 0.2) is 0 Å². The van der Waals surface area contributed by atoms with Crippen LogP contribution in [-0.4, -0.2) is 35.5 Å². The quantitative estimate of drug-likeness (QED) is 0.161. The van der Waals surface area contributed by atoms with Crippen molar-refractivity contribution < 1.29 is 53.9 Å². The van der Waals surface area contributed by atoms with Gasteiger partial charge >= 0.3 is 40.8 Å². The van der Waals surface area contributed by atoms with E-state index < -0.39 is 27.6 Å². The summed E-state index contributed by atoms with van der Waals surface area (Å²) >= 11 is 0. The summed E-state index contributed by atoms with van der Waals surface area (Å²) in [6.45, 7) is 7.28. The molecule has 6 aromatic rings. The van der Waals surface area contributed by atoms with Crippen LogP contribution in [0.5, 0.6) is 6.01 Å². The minimum absolute atomic E-state index is 0. The summed E-state index contributed by atoms with van der Waals surface area (Å²) in [5.74, 6) is 0. The van der Waals surface area contributed by atoms with Gasteiger partial charge in [0, 0.05) is 18.4 Å². The van der Waals surface area contributed by atoms with Gasteiger partial charge in [-0.15, -0.1) is 0 Å². The van der Waals surface area contributed by atoms with Crippen LogP contribution in [0, 0.1) is 0 Å². The molecule has 51 heavy (non-hydrogen) atoms. The Morgan fingerprint density at radius 1 is 0.784 bits per heavy atom. The van der Waals surface area contributed by atoms with E-state index in [9.17, 15) is 23.4 Å². The monoisotopic (exact) mass is 728 g/mol. The largest absolute Gasteiger partial charge is 1.00 e. The van der Waals surface area contributed by atoms with Gasteiger partial charge in [-0.2, -0.15) is 9.97 Å². The van der Waals surface area contributed by atoms with Crippen molar-refractivity contribution in [2.45, 2.75) is 65.3 Å². The number of aromatic amines is 2. The number of benzene rings is 2. The molecule has 4 heterocycles. The van der Waals surface area contributed by atoms with Crippen LogP contribution in [0.3, 0.4) is 0 Å². The number of fused-ring (bicyclic) bond motifs is 2. The Labute approximate surface area is 319 Å². The van der Waals surface area contributed by atoms with E-state index in [1.165, 1.54) is 18.4 Å². The van der Waals surface area contributed by atoms with Crippen LogP contribution in [0.25, 0.3) is 22.2 Å². The fraction of sp³-hybridized carbons (Fsp3) is 0.278. The summed E-state index contributed by atoms with van der Waals surface area (Å²) in [6.07, 6.45) is 1.78. The van der Waals surface area contributed by atoms with Crippen molar-refractivity contribution in [2.75, 3.05) is 6.26 Å². The maximum atomic E-state index is 12.3. The van der Waals surface area contributed by atoms with Crippen molar-refractivity contribution in [3.05, 3.63) is 137 Å². The zero-order chi connectivity index (χ0) is 35.7. The van der Waals surface area contributed by atoms with Gasteiger partial charge in [0.1, 0.15) is 16.9 Å². The van der Waals surface area contributed by atoms with Crippen LogP contribution in [0.2, 0.25) is 0 Å². The molecule has 0 radical (unpaired) electrons. The molecule has 0 bridgehead atoms. The molecule has 3 atom stereocenters. The number of nitrogens with zero attached hydrogens (tertiary/aromatic N) is 2. The summed E-state index contributed by atoms with van der Waals surface area (Å²) < 4.78 is 26.8. The summed E-state index contributed by atoms with van der Waals surface area (Å²) in [7, 11) is -1.44. The third-order valence-electron chi connectivity index (χ3n) is 7.22. The molecule has 6 rings (SSSR count). The summed E-state index contributed by atoms with van der Waals surface area (Å²) in [5.41, 5.74) is 1.08. The van der Waals surface area contributed by atoms with Crippen molar-refractivity contribution >= 4 is 33.0 Å². The van der Waals surface area contributed by atoms with E-state index in [0.29, 0.717) is 24.0 Å². The van der Waals surface area contributed by atoms with Crippen molar-refractivity contribution in [3.63, 3.8) is 0 Å². The number of aliphatic hydroxyl groups is 1. The van der Waals surface area contributed by atoms with Gasteiger partial charge in [0.2, 0.25) is 16.6 Å². The molecule has 2 aromatic carbocycles. The summed E-state index contributed by atoms with van der Waals surface area (Å²) in [5, 5.41) is 9.54. The molecule has 13 nitrogen and oxygen atoms in total. The molecule has 0 fully saturated rings. The van der Waals surface area contributed by atoms with Gasteiger partial charge in [0.05, 0.1) is 16.9 Å². The average molecular weight is 729 g/mol. The van der Waals surface area contributed by atoms with E-state index in [4.69, 9.17) is 18.7 Å². The zero-order valence-corrected chi connectivity index (χ0v) is 31.3. The Hall–Kier alpha value is -4.47. The fourth-order valence-electron chi connectivity index (χ4n) is 4.70. The molecule has 1 unspecified atom stereocenters. The predicted molar refractivity (Wildman–Crippen MR) is 193 cm³/mol. The second kappa shape index (κ2) is 19.8. The van der Waals surface area contributed by atoms with Crippen molar-refractivity contribution in [1.29, 1.82) is 0 Å². The maximum absolute atomic E-state index is 12.3. The number of H-pyrrole nitrogens is 2. The number of hydrogen-bond acceptors (Lipinski definition) is 11. The van der Waals surface area contributed by atoms with E-state index in [1.54, 1.807) is 6.92 Å². The predicted octanol–water partition coefficient (Wildman–Crippen LogP) is 2.25. The third-order valence-corrected chi connectivity index (χ3v) is 7.96. The Bertz CT molecular complexity index is 2310. The molecule has 15 heteroatoms. The zero-order valence-electron chi connectivity index (χ0n) is 29.5. The second-order valence-electron chi connectivity index (χ2n) is 10.7. The van der Waals surface area contributed by atoms with E-state index in [-0.39, 0.29) is 89.5 Å². The molecule has 0 spiro atoms. The van der Waals surface area contributed by atoms with Crippen LogP contribution >= 0.6 is 0 Å². The van der Waals surface area contributed by atoms with Gasteiger partial charge < -0.3 is 20.1 Å². The number of aromatic nitrogens is 4. The SMILES string of the molecule is C.CCc1cc(=O)oc2nc(O[C@H](C)c3ccccc3)[nH]c(=O)c12.CCc1cc(=O)oc2nc(S(C)=O)[nH]c(=O)c12.C[C@@H](O)c1ccccc1.[H-].[Na+]. The Balaban J connectivity index is 0.000000412. The molecule has 0 aliphatic carbocycles. The first-order chi connectivity index (χ1) is 23.4. The minimum Gasteiger partial charge on any atom is -1.00 e. The summed E-state index contributed by atoms with van der Waals surface area (Å²) in [4.78, 5) is 59.9. The molecule has 0 amide bonds. The Morgan fingerprint density at radius 2 is 1.24 bits per heavy atom. The summed E-state index contributed by atoms with van der Waals surface area (Å²) in [6, 6.07) is 21.7. The minimum atomic E-state index is -1.44. The van der Waals surface area contributed by atoms with Gasteiger partial charge in [-0.05, 0) is 48.9 Å². The average Bonchev–Trinajstić information content (AvgIpc) is 3.08. The second-order valence-corrected chi connectivity index (χ2v) is 12.0. The van der Waals surface area contributed by atoms with Crippen LogP contribution in [0.4, 0.5) is 0 Å². The maximum Gasteiger partial charge on any atom is 1.00 e. The van der Waals surface area contributed by atoms with Crippen LogP contribution in [-0.2, 0) is 23.6 Å². The smallest absolute Gasteiger partial charge is 1.00 e. The van der Waals surface area contributed by atoms with Crippen LogP contribution in [0.15, 0.2) is 106 Å². The van der Waals surface area contributed by atoms with Crippen LogP contribution < -0.4 is 56.7 Å². The van der Waals surface area contributed by atoms with Gasteiger partial charge in [-0.1, -0.05) is 81.9 Å². The molecule has 4 aromatic heterocycles. The molecule has 0 aliphatic rings.